The summed E-state index contributed by atoms with van der Waals surface area (Å²) >= 11 is 0. The lowest BCUT2D eigenvalue weighted by atomic mass is 9.75. The third-order valence-electron chi connectivity index (χ3n) is 3.53. The summed E-state index contributed by atoms with van der Waals surface area (Å²) in [7, 11) is 0. The van der Waals surface area contributed by atoms with Gasteiger partial charge < -0.3 is 24.5 Å². The van der Waals surface area contributed by atoms with Gasteiger partial charge in [-0.2, -0.15) is 0 Å². The number of hydrogen-bond acceptors (Lipinski definition) is 5. The summed E-state index contributed by atoms with van der Waals surface area (Å²) < 4.78 is 9.45. The standard InChI is InChI=1S/C17H16O6/c18-15(19)22-11-17(12-23-16(20)21,13-7-3-1-4-8-13)14-9-5-2-6-10-14/h1-10H,11-12H2,(H,18,19)(H,20,21)/p-1. The monoisotopic (exact) mass is 315 g/mol. The number of benzene rings is 2. The summed E-state index contributed by atoms with van der Waals surface area (Å²) in [5, 5.41) is 19.6. The second-order valence-electron chi connectivity index (χ2n) is 4.91. The maximum Gasteiger partial charge on any atom is 0.505 e. The van der Waals surface area contributed by atoms with Crippen LogP contribution in [-0.2, 0) is 14.9 Å². The van der Waals surface area contributed by atoms with Crippen molar-refractivity contribution in [3.63, 3.8) is 0 Å². The lowest BCUT2D eigenvalue weighted by Gasteiger charge is -2.35. The molecular weight excluding hydrogens is 300 g/mol. The van der Waals surface area contributed by atoms with Crippen molar-refractivity contribution in [2.75, 3.05) is 13.2 Å². The predicted molar refractivity (Wildman–Crippen MR) is 79.0 cm³/mol. The van der Waals surface area contributed by atoms with Gasteiger partial charge >= 0.3 is 6.16 Å². The molecule has 0 aliphatic carbocycles. The highest BCUT2D eigenvalue weighted by Crippen LogP contribution is 2.33. The Bertz CT molecular complexity index is 594. The van der Waals surface area contributed by atoms with E-state index in [1.807, 2.05) is 0 Å². The third-order valence-corrected chi connectivity index (χ3v) is 3.53. The van der Waals surface area contributed by atoms with Crippen LogP contribution in [0.4, 0.5) is 9.59 Å². The molecule has 0 bridgehead atoms. The summed E-state index contributed by atoms with van der Waals surface area (Å²) in [5.41, 5.74) is 0.253. The summed E-state index contributed by atoms with van der Waals surface area (Å²) in [6, 6.07) is 17.7. The van der Waals surface area contributed by atoms with Crippen molar-refractivity contribution in [3.8, 4) is 0 Å². The molecule has 6 nitrogen and oxygen atoms in total. The lowest BCUT2D eigenvalue weighted by Crippen LogP contribution is -2.41. The first-order chi connectivity index (χ1) is 11.0. The summed E-state index contributed by atoms with van der Waals surface area (Å²) in [6.45, 7) is -0.611. The molecule has 0 atom stereocenters. The zero-order chi connectivity index (χ0) is 16.7. The van der Waals surface area contributed by atoms with Gasteiger partial charge in [-0.1, -0.05) is 60.7 Å². The van der Waals surface area contributed by atoms with Crippen LogP contribution in [0.1, 0.15) is 11.1 Å². The van der Waals surface area contributed by atoms with Crippen molar-refractivity contribution >= 4 is 12.3 Å². The molecule has 2 aromatic rings. The van der Waals surface area contributed by atoms with Gasteiger partial charge in [0.2, 0.25) is 0 Å². The van der Waals surface area contributed by atoms with Crippen molar-refractivity contribution in [2.45, 2.75) is 5.41 Å². The molecule has 2 aromatic carbocycles. The molecule has 0 saturated heterocycles. The highest BCUT2D eigenvalue weighted by molar-refractivity contribution is 5.58. The molecule has 0 aliphatic heterocycles. The molecule has 0 unspecified atom stereocenters. The zero-order valence-corrected chi connectivity index (χ0v) is 12.2. The fourth-order valence-corrected chi connectivity index (χ4v) is 2.42. The number of carboxylic acid groups (broad SMARTS) is 2. The first-order valence-corrected chi connectivity index (χ1v) is 6.85. The van der Waals surface area contributed by atoms with Crippen LogP contribution >= 0.6 is 0 Å². The molecule has 0 radical (unpaired) electrons. The summed E-state index contributed by atoms with van der Waals surface area (Å²) in [6.07, 6.45) is -3.13. The quantitative estimate of drug-likeness (QED) is 0.819. The fraction of sp³-hybridized carbons (Fsp3) is 0.176. The highest BCUT2D eigenvalue weighted by Gasteiger charge is 2.35. The Hall–Kier alpha value is -3.02. The first-order valence-electron chi connectivity index (χ1n) is 6.85. The van der Waals surface area contributed by atoms with Crippen LogP contribution in [0.25, 0.3) is 0 Å². The van der Waals surface area contributed by atoms with Crippen LogP contribution in [0.5, 0.6) is 0 Å². The van der Waals surface area contributed by atoms with Crippen molar-refractivity contribution in [3.05, 3.63) is 71.8 Å². The summed E-state index contributed by atoms with van der Waals surface area (Å²) in [4.78, 5) is 21.6. The van der Waals surface area contributed by atoms with Crippen LogP contribution in [0.15, 0.2) is 60.7 Å². The van der Waals surface area contributed by atoms with Crippen LogP contribution in [0.2, 0.25) is 0 Å². The molecule has 0 spiro atoms. The lowest BCUT2D eigenvalue weighted by molar-refractivity contribution is -0.284. The molecule has 0 aliphatic rings. The van der Waals surface area contributed by atoms with E-state index >= 15 is 0 Å². The second-order valence-corrected chi connectivity index (χ2v) is 4.91. The molecule has 6 heteroatoms. The van der Waals surface area contributed by atoms with E-state index in [4.69, 9.17) is 9.84 Å². The van der Waals surface area contributed by atoms with Gasteiger partial charge in [-0.3, -0.25) is 0 Å². The van der Waals surface area contributed by atoms with E-state index < -0.39 is 17.7 Å². The molecule has 120 valence electrons. The highest BCUT2D eigenvalue weighted by atomic mass is 16.7. The van der Waals surface area contributed by atoms with Gasteiger partial charge in [-0.25, -0.2) is 4.79 Å². The van der Waals surface area contributed by atoms with Crippen molar-refractivity contribution in [1.29, 1.82) is 0 Å². The minimum absolute atomic E-state index is 0.288. The minimum Gasteiger partial charge on any atom is -0.548 e. The largest absolute Gasteiger partial charge is 0.548 e. The van der Waals surface area contributed by atoms with E-state index in [0.717, 1.165) is 0 Å². The second kappa shape index (κ2) is 7.31. The van der Waals surface area contributed by atoms with Gasteiger partial charge in [-0.15, -0.1) is 0 Å². The van der Waals surface area contributed by atoms with Crippen molar-refractivity contribution < 1.29 is 29.3 Å². The van der Waals surface area contributed by atoms with E-state index in [2.05, 4.69) is 4.74 Å². The minimum atomic E-state index is -1.68. The van der Waals surface area contributed by atoms with Gasteiger partial charge in [0.15, 0.2) is 0 Å². The average molecular weight is 315 g/mol. The Morgan fingerprint density at radius 2 is 1.30 bits per heavy atom. The van der Waals surface area contributed by atoms with Crippen LogP contribution in [-0.4, -0.2) is 30.6 Å². The topological polar surface area (TPSA) is 95.9 Å². The number of hydrogen-bond donors (Lipinski definition) is 1. The van der Waals surface area contributed by atoms with Gasteiger partial charge in [0.25, 0.3) is 6.16 Å². The maximum absolute atomic E-state index is 10.9. The molecule has 0 fully saturated rings. The predicted octanol–water partition coefficient (Wildman–Crippen LogP) is 2.03. The van der Waals surface area contributed by atoms with Gasteiger partial charge in [0, 0.05) is 6.61 Å². The van der Waals surface area contributed by atoms with Crippen LogP contribution < -0.4 is 5.11 Å². The zero-order valence-electron chi connectivity index (χ0n) is 12.2. The average Bonchev–Trinajstić information content (AvgIpc) is 2.56. The van der Waals surface area contributed by atoms with Gasteiger partial charge in [0.05, 0.1) is 5.41 Å². The van der Waals surface area contributed by atoms with E-state index in [0.29, 0.717) is 11.1 Å². The first kappa shape index (κ1) is 16.4. The van der Waals surface area contributed by atoms with E-state index in [1.165, 1.54) is 0 Å². The number of carbonyl (C=O) groups is 2. The number of ether oxygens (including phenoxy) is 2. The molecule has 2 rings (SSSR count). The van der Waals surface area contributed by atoms with Crippen LogP contribution in [0.3, 0.4) is 0 Å². The molecule has 23 heavy (non-hydrogen) atoms. The van der Waals surface area contributed by atoms with E-state index in [-0.39, 0.29) is 13.2 Å². The summed E-state index contributed by atoms with van der Waals surface area (Å²) in [5.74, 6) is 0. The smallest absolute Gasteiger partial charge is 0.505 e. The number of carbonyl (C=O) groups excluding carboxylic acids is 1. The Balaban J connectivity index is 2.52. The van der Waals surface area contributed by atoms with Crippen molar-refractivity contribution in [2.24, 2.45) is 0 Å². The third kappa shape index (κ3) is 4.00. The molecule has 0 amide bonds. The fourth-order valence-electron chi connectivity index (χ4n) is 2.42. The Labute approximate surface area is 132 Å². The van der Waals surface area contributed by atoms with Gasteiger partial charge in [-0.05, 0) is 11.1 Å². The van der Waals surface area contributed by atoms with E-state index in [1.54, 1.807) is 60.7 Å². The van der Waals surface area contributed by atoms with E-state index in [9.17, 15) is 14.7 Å². The molecular formula is C17H15O6-. The molecule has 0 aromatic heterocycles. The molecule has 1 N–H and O–H groups in total. The SMILES string of the molecule is O=C([O-])OCC(COC(=O)O)(c1ccccc1)c1ccccc1. The Morgan fingerprint density at radius 1 is 0.870 bits per heavy atom. The number of rotatable bonds is 6. The van der Waals surface area contributed by atoms with Gasteiger partial charge in [0.1, 0.15) is 6.61 Å². The Morgan fingerprint density at radius 3 is 1.70 bits per heavy atom. The normalized spacial score (nSPS) is 10.8. The molecule has 0 heterocycles. The Kier molecular flexibility index (Phi) is 5.19. The van der Waals surface area contributed by atoms with Crippen molar-refractivity contribution in [1.82, 2.24) is 0 Å². The maximum atomic E-state index is 10.9. The van der Waals surface area contributed by atoms with Crippen LogP contribution in [0, 0.1) is 0 Å². The molecule has 0 saturated carbocycles.